The van der Waals surface area contributed by atoms with Crippen LogP contribution in [0.1, 0.15) is 18.5 Å². The molecule has 1 saturated heterocycles. The number of rotatable bonds is 2. The van der Waals surface area contributed by atoms with Crippen LogP contribution < -0.4 is 0 Å². The van der Waals surface area contributed by atoms with Gasteiger partial charge in [0, 0.05) is 43.8 Å². The van der Waals surface area contributed by atoms with Crippen molar-refractivity contribution in [3.05, 3.63) is 42.1 Å². The minimum atomic E-state index is -0.822. The first-order valence-electron chi connectivity index (χ1n) is 7.22. The highest BCUT2D eigenvalue weighted by Gasteiger charge is 2.24. The van der Waals surface area contributed by atoms with E-state index < -0.39 is 6.09 Å². The monoisotopic (exact) mass is 285 g/mol. The van der Waals surface area contributed by atoms with Crippen molar-refractivity contribution in [3.63, 3.8) is 0 Å². The second-order valence-electron chi connectivity index (χ2n) is 5.44. The average Bonchev–Trinajstić information content (AvgIpc) is 2.54. The Morgan fingerprint density at radius 3 is 2.71 bits per heavy atom. The molecular weight excluding hydrogens is 266 g/mol. The van der Waals surface area contributed by atoms with Crippen molar-refractivity contribution in [1.29, 1.82) is 0 Å². The van der Waals surface area contributed by atoms with E-state index >= 15 is 0 Å². The van der Waals surface area contributed by atoms with E-state index in [1.807, 2.05) is 12.3 Å². The molecular formula is C16H19N3O2. The SMILES string of the molecule is CC(c1ccc2cccnc2c1)N1CCN(C(=O)O)CC1. The second-order valence-corrected chi connectivity index (χ2v) is 5.44. The van der Waals surface area contributed by atoms with E-state index in [4.69, 9.17) is 5.11 Å². The van der Waals surface area contributed by atoms with E-state index in [-0.39, 0.29) is 6.04 Å². The molecule has 1 aromatic heterocycles. The molecule has 1 atom stereocenters. The first-order valence-corrected chi connectivity index (χ1v) is 7.22. The zero-order valence-corrected chi connectivity index (χ0v) is 12.1. The summed E-state index contributed by atoms with van der Waals surface area (Å²) in [6, 6.07) is 10.6. The third kappa shape index (κ3) is 2.83. The molecule has 0 aliphatic carbocycles. The number of piperazine rings is 1. The van der Waals surface area contributed by atoms with Gasteiger partial charge in [0.25, 0.3) is 0 Å². The summed E-state index contributed by atoms with van der Waals surface area (Å²) in [5.41, 5.74) is 2.23. The molecule has 110 valence electrons. The highest BCUT2D eigenvalue weighted by Crippen LogP contribution is 2.24. The number of carboxylic acid groups (broad SMARTS) is 1. The van der Waals surface area contributed by atoms with Crippen LogP contribution in [0.4, 0.5) is 4.79 Å². The second kappa shape index (κ2) is 5.69. The van der Waals surface area contributed by atoms with Crippen molar-refractivity contribution in [2.75, 3.05) is 26.2 Å². The van der Waals surface area contributed by atoms with Gasteiger partial charge in [-0.15, -0.1) is 0 Å². The lowest BCUT2D eigenvalue weighted by Gasteiger charge is -2.37. The van der Waals surface area contributed by atoms with E-state index in [9.17, 15) is 4.79 Å². The van der Waals surface area contributed by atoms with Crippen molar-refractivity contribution in [3.8, 4) is 0 Å². The average molecular weight is 285 g/mol. The molecule has 2 aromatic rings. The lowest BCUT2D eigenvalue weighted by molar-refractivity contribution is 0.0889. The molecule has 1 N–H and O–H groups in total. The van der Waals surface area contributed by atoms with Gasteiger partial charge in [-0.3, -0.25) is 9.88 Å². The normalized spacial score (nSPS) is 17.9. The van der Waals surface area contributed by atoms with Gasteiger partial charge < -0.3 is 10.0 Å². The van der Waals surface area contributed by atoms with Crippen molar-refractivity contribution < 1.29 is 9.90 Å². The van der Waals surface area contributed by atoms with E-state index in [1.54, 1.807) is 0 Å². The Kier molecular flexibility index (Phi) is 3.75. The zero-order chi connectivity index (χ0) is 14.8. The molecule has 1 aromatic carbocycles. The number of benzene rings is 1. The van der Waals surface area contributed by atoms with Gasteiger partial charge in [-0.2, -0.15) is 0 Å². The minimum absolute atomic E-state index is 0.271. The summed E-state index contributed by atoms with van der Waals surface area (Å²) >= 11 is 0. The quantitative estimate of drug-likeness (QED) is 0.921. The molecule has 0 bridgehead atoms. The molecule has 0 radical (unpaired) electrons. The molecule has 1 unspecified atom stereocenters. The number of hydrogen-bond acceptors (Lipinski definition) is 3. The van der Waals surface area contributed by atoms with E-state index in [0.717, 1.165) is 24.0 Å². The standard InChI is InChI=1S/C16H19N3O2/c1-12(18-7-9-19(10-8-18)16(20)21)14-5-4-13-3-2-6-17-15(13)11-14/h2-6,11-12H,7-10H2,1H3,(H,20,21). The van der Waals surface area contributed by atoms with Crippen LogP contribution in [0.3, 0.4) is 0 Å². The van der Waals surface area contributed by atoms with Gasteiger partial charge in [0.1, 0.15) is 0 Å². The maximum atomic E-state index is 10.9. The summed E-state index contributed by atoms with van der Waals surface area (Å²) in [6.07, 6.45) is 0.986. The Bertz CT molecular complexity index is 651. The number of pyridine rings is 1. The molecule has 5 nitrogen and oxygen atoms in total. The summed E-state index contributed by atoms with van der Waals surface area (Å²) in [6.45, 7) is 4.86. The van der Waals surface area contributed by atoms with E-state index in [1.165, 1.54) is 10.5 Å². The Hall–Kier alpha value is -2.14. The number of amides is 1. The maximum Gasteiger partial charge on any atom is 0.407 e. The number of aromatic nitrogens is 1. The highest BCUT2D eigenvalue weighted by molar-refractivity contribution is 5.78. The Morgan fingerprint density at radius 2 is 2.00 bits per heavy atom. The summed E-state index contributed by atoms with van der Waals surface area (Å²) in [5.74, 6) is 0. The minimum Gasteiger partial charge on any atom is -0.465 e. The lowest BCUT2D eigenvalue weighted by atomic mass is 10.0. The fourth-order valence-corrected chi connectivity index (χ4v) is 2.85. The van der Waals surface area contributed by atoms with Crippen LogP contribution in [-0.2, 0) is 0 Å². The summed E-state index contributed by atoms with van der Waals surface area (Å²) in [5, 5.41) is 10.1. The lowest BCUT2D eigenvalue weighted by Crippen LogP contribution is -2.48. The molecule has 1 aliphatic rings. The highest BCUT2D eigenvalue weighted by atomic mass is 16.4. The first-order chi connectivity index (χ1) is 10.1. The van der Waals surface area contributed by atoms with Crippen LogP contribution in [0.15, 0.2) is 36.5 Å². The maximum absolute atomic E-state index is 10.9. The van der Waals surface area contributed by atoms with E-state index in [2.05, 4.69) is 41.1 Å². The molecule has 21 heavy (non-hydrogen) atoms. The molecule has 0 saturated carbocycles. The third-order valence-electron chi connectivity index (χ3n) is 4.24. The van der Waals surface area contributed by atoms with E-state index in [0.29, 0.717) is 13.1 Å². The summed E-state index contributed by atoms with van der Waals surface area (Å²) < 4.78 is 0. The first kappa shape index (κ1) is 13.8. The Labute approximate surface area is 123 Å². The Morgan fingerprint density at radius 1 is 1.24 bits per heavy atom. The third-order valence-corrected chi connectivity index (χ3v) is 4.24. The van der Waals surface area contributed by atoms with Crippen LogP contribution in [-0.4, -0.2) is 52.2 Å². The van der Waals surface area contributed by atoms with Crippen molar-refractivity contribution in [1.82, 2.24) is 14.8 Å². The van der Waals surface area contributed by atoms with Gasteiger partial charge >= 0.3 is 6.09 Å². The Balaban J connectivity index is 1.75. The van der Waals surface area contributed by atoms with Gasteiger partial charge in [0.2, 0.25) is 0 Å². The predicted octanol–water partition coefficient (Wildman–Crippen LogP) is 2.59. The van der Waals surface area contributed by atoms with Crippen LogP contribution >= 0.6 is 0 Å². The number of hydrogen-bond donors (Lipinski definition) is 1. The summed E-state index contributed by atoms with van der Waals surface area (Å²) in [4.78, 5) is 19.1. The van der Waals surface area contributed by atoms with Crippen LogP contribution in [0.2, 0.25) is 0 Å². The number of fused-ring (bicyclic) bond motifs is 1. The molecule has 3 rings (SSSR count). The molecule has 2 heterocycles. The van der Waals surface area contributed by atoms with Gasteiger partial charge in [-0.1, -0.05) is 18.2 Å². The van der Waals surface area contributed by atoms with Gasteiger partial charge in [0.15, 0.2) is 0 Å². The van der Waals surface area contributed by atoms with Crippen molar-refractivity contribution in [2.45, 2.75) is 13.0 Å². The molecule has 5 heteroatoms. The topological polar surface area (TPSA) is 56.7 Å². The fourth-order valence-electron chi connectivity index (χ4n) is 2.85. The molecule has 0 spiro atoms. The van der Waals surface area contributed by atoms with Crippen molar-refractivity contribution in [2.24, 2.45) is 0 Å². The van der Waals surface area contributed by atoms with Crippen LogP contribution in [0.25, 0.3) is 10.9 Å². The van der Waals surface area contributed by atoms with Gasteiger partial charge in [-0.25, -0.2) is 4.79 Å². The van der Waals surface area contributed by atoms with Gasteiger partial charge in [-0.05, 0) is 24.6 Å². The van der Waals surface area contributed by atoms with Gasteiger partial charge in [0.05, 0.1) is 5.52 Å². The fraction of sp³-hybridized carbons (Fsp3) is 0.375. The largest absolute Gasteiger partial charge is 0.465 e. The number of carbonyl (C=O) groups is 1. The smallest absolute Gasteiger partial charge is 0.407 e. The molecule has 1 amide bonds. The van der Waals surface area contributed by atoms with Crippen LogP contribution in [0.5, 0.6) is 0 Å². The van der Waals surface area contributed by atoms with Crippen molar-refractivity contribution >= 4 is 17.0 Å². The molecule has 1 aliphatic heterocycles. The van der Waals surface area contributed by atoms with Crippen LogP contribution in [0, 0.1) is 0 Å². The number of nitrogens with zero attached hydrogens (tertiary/aromatic N) is 3. The summed E-state index contributed by atoms with van der Waals surface area (Å²) in [7, 11) is 0. The molecule has 1 fully saturated rings. The zero-order valence-electron chi connectivity index (χ0n) is 12.1. The predicted molar refractivity (Wildman–Crippen MR) is 81.3 cm³/mol.